The highest BCUT2D eigenvalue weighted by atomic mass is 16.5. The lowest BCUT2D eigenvalue weighted by molar-refractivity contribution is 0.134. The topological polar surface area (TPSA) is 68.4 Å². The first kappa shape index (κ1) is 13.8. The van der Waals surface area contributed by atoms with Gasteiger partial charge in [0, 0.05) is 23.5 Å². The molecule has 0 amide bonds. The number of benzene rings is 1. The molecule has 0 saturated carbocycles. The molecule has 0 bridgehead atoms. The largest absolute Gasteiger partial charge is 0.488 e. The number of hydrogen-bond acceptors (Lipinski definition) is 4. The molecule has 2 aromatic rings. The molecule has 0 aliphatic rings. The van der Waals surface area contributed by atoms with E-state index in [1.807, 2.05) is 44.2 Å². The second kappa shape index (κ2) is 5.55. The predicted molar refractivity (Wildman–Crippen MR) is 76.1 cm³/mol. The molecule has 102 valence electrons. The zero-order valence-corrected chi connectivity index (χ0v) is 11.3. The van der Waals surface area contributed by atoms with Gasteiger partial charge in [-0.1, -0.05) is 18.2 Å². The standard InChI is InChI=1S/C15H20N2O2/c1-11(9-15(2,16)10-18)19-13-7-3-5-12-6-4-8-17-14(12)13/h3-8,11,18H,9-10,16H2,1-2H3. The van der Waals surface area contributed by atoms with Crippen LogP contribution in [0.4, 0.5) is 0 Å². The zero-order valence-electron chi connectivity index (χ0n) is 11.3. The summed E-state index contributed by atoms with van der Waals surface area (Å²) < 4.78 is 5.91. The first-order valence-electron chi connectivity index (χ1n) is 6.42. The molecule has 1 heterocycles. The lowest BCUT2D eigenvalue weighted by Gasteiger charge is -2.26. The Kier molecular flexibility index (Phi) is 4.02. The minimum atomic E-state index is -0.628. The maximum absolute atomic E-state index is 9.19. The Morgan fingerprint density at radius 2 is 2.11 bits per heavy atom. The van der Waals surface area contributed by atoms with Gasteiger partial charge in [-0.05, 0) is 26.0 Å². The fraction of sp³-hybridized carbons (Fsp3) is 0.400. The molecular formula is C15H20N2O2. The van der Waals surface area contributed by atoms with Crippen molar-refractivity contribution in [2.75, 3.05) is 6.61 Å². The van der Waals surface area contributed by atoms with Crippen molar-refractivity contribution in [3.63, 3.8) is 0 Å². The van der Waals surface area contributed by atoms with Gasteiger partial charge in [0.2, 0.25) is 0 Å². The molecular weight excluding hydrogens is 240 g/mol. The zero-order chi connectivity index (χ0) is 13.9. The van der Waals surface area contributed by atoms with E-state index < -0.39 is 5.54 Å². The average Bonchev–Trinajstić information content (AvgIpc) is 2.38. The maximum Gasteiger partial charge on any atom is 0.145 e. The van der Waals surface area contributed by atoms with E-state index in [1.165, 1.54) is 0 Å². The van der Waals surface area contributed by atoms with Crippen LogP contribution in [0.15, 0.2) is 36.5 Å². The van der Waals surface area contributed by atoms with Gasteiger partial charge in [0.1, 0.15) is 11.3 Å². The van der Waals surface area contributed by atoms with Crippen molar-refractivity contribution in [3.05, 3.63) is 36.5 Å². The number of ether oxygens (including phenoxy) is 1. The third kappa shape index (κ3) is 3.43. The Balaban J connectivity index is 2.17. The van der Waals surface area contributed by atoms with Gasteiger partial charge in [0.05, 0.1) is 12.7 Å². The number of fused-ring (bicyclic) bond motifs is 1. The van der Waals surface area contributed by atoms with Gasteiger partial charge in [-0.15, -0.1) is 0 Å². The lowest BCUT2D eigenvalue weighted by Crippen LogP contribution is -2.43. The van der Waals surface area contributed by atoms with Gasteiger partial charge in [0.15, 0.2) is 0 Å². The van der Waals surface area contributed by atoms with Gasteiger partial charge in [-0.25, -0.2) is 0 Å². The van der Waals surface area contributed by atoms with Gasteiger partial charge < -0.3 is 15.6 Å². The van der Waals surface area contributed by atoms with Crippen LogP contribution < -0.4 is 10.5 Å². The number of hydrogen-bond donors (Lipinski definition) is 2. The van der Waals surface area contributed by atoms with Crippen LogP contribution in [-0.2, 0) is 0 Å². The summed E-state index contributed by atoms with van der Waals surface area (Å²) >= 11 is 0. The highest BCUT2D eigenvalue weighted by molar-refractivity contribution is 5.84. The number of nitrogens with two attached hydrogens (primary N) is 1. The molecule has 0 aliphatic heterocycles. The van der Waals surface area contributed by atoms with Crippen LogP contribution in [0.1, 0.15) is 20.3 Å². The highest BCUT2D eigenvalue weighted by Crippen LogP contribution is 2.25. The second-order valence-corrected chi connectivity index (χ2v) is 5.28. The number of aromatic nitrogens is 1. The quantitative estimate of drug-likeness (QED) is 0.864. The Labute approximate surface area is 113 Å². The molecule has 19 heavy (non-hydrogen) atoms. The molecule has 0 aliphatic carbocycles. The summed E-state index contributed by atoms with van der Waals surface area (Å²) in [5, 5.41) is 10.2. The average molecular weight is 260 g/mol. The number of nitrogens with zero attached hydrogens (tertiary/aromatic N) is 1. The molecule has 2 atom stereocenters. The number of para-hydroxylation sites is 1. The van der Waals surface area contributed by atoms with Gasteiger partial charge in [-0.2, -0.15) is 0 Å². The fourth-order valence-corrected chi connectivity index (χ4v) is 2.15. The van der Waals surface area contributed by atoms with Gasteiger partial charge in [0.25, 0.3) is 0 Å². The van der Waals surface area contributed by atoms with E-state index in [0.29, 0.717) is 6.42 Å². The van der Waals surface area contributed by atoms with E-state index in [-0.39, 0.29) is 12.7 Å². The van der Waals surface area contributed by atoms with Crippen molar-refractivity contribution in [3.8, 4) is 5.75 Å². The molecule has 2 unspecified atom stereocenters. The number of pyridine rings is 1. The normalized spacial score (nSPS) is 16.0. The Morgan fingerprint density at radius 1 is 1.37 bits per heavy atom. The van der Waals surface area contributed by atoms with Crippen LogP contribution >= 0.6 is 0 Å². The summed E-state index contributed by atoms with van der Waals surface area (Å²) in [5.74, 6) is 0.749. The van der Waals surface area contributed by atoms with Crippen LogP contribution in [0.25, 0.3) is 10.9 Å². The molecule has 0 saturated heterocycles. The van der Waals surface area contributed by atoms with Crippen LogP contribution in [0.2, 0.25) is 0 Å². The summed E-state index contributed by atoms with van der Waals surface area (Å²) in [5.41, 5.74) is 6.16. The monoisotopic (exact) mass is 260 g/mol. The maximum atomic E-state index is 9.19. The summed E-state index contributed by atoms with van der Waals surface area (Å²) in [4.78, 5) is 4.35. The summed E-state index contributed by atoms with van der Waals surface area (Å²) in [6, 6.07) is 9.75. The van der Waals surface area contributed by atoms with Crippen LogP contribution in [0, 0.1) is 0 Å². The molecule has 0 fully saturated rings. The first-order valence-corrected chi connectivity index (χ1v) is 6.42. The van der Waals surface area contributed by atoms with Crippen molar-refractivity contribution >= 4 is 10.9 Å². The molecule has 2 rings (SSSR count). The van der Waals surface area contributed by atoms with Gasteiger partial charge in [-0.3, -0.25) is 4.98 Å². The Bertz CT molecular complexity index is 549. The fourth-order valence-electron chi connectivity index (χ4n) is 2.15. The molecule has 4 heteroatoms. The second-order valence-electron chi connectivity index (χ2n) is 5.28. The third-order valence-electron chi connectivity index (χ3n) is 3.04. The number of aliphatic hydroxyl groups excluding tert-OH is 1. The van der Waals surface area contributed by atoms with Gasteiger partial charge >= 0.3 is 0 Å². The molecule has 1 aromatic heterocycles. The number of aliphatic hydroxyl groups is 1. The number of rotatable bonds is 5. The molecule has 3 N–H and O–H groups in total. The minimum Gasteiger partial charge on any atom is -0.488 e. The smallest absolute Gasteiger partial charge is 0.145 e. The highest BCUT2D eigenvalue weighted by Gasteiger charge is 2.22. The molecule has 1 aromatic carbocycles. The van der Waals surface area contributed by atoms with Crippen LogP contribution in [0.3, 0.4) is 0 Å². The van der Waals surface area contributed by atoms with Crippen LogP contribution in [-0.4, -0.2) is 28.3 Å². The van der Waals surface area contributed by atoms with Crippen molar-refractivity contribution in [2.45, 2.75) is 31.9 Å². The lowest BCUT2D eigenvalue weighted by atomic mass is 9.97. The molecule has 0 radical (unpaired) electrons. The SMILES string of the molecule is CC(CC(C)(N)CO)Oc1cccc2cccnc12. The minimum absolute atomic E-state index is 0.0610. The third-order valence-corrected chi connectivity index (χ3v) is 3.04. The van der Waals surface area contributed by atoms with E-state index in [0.717, 1.165) is 16.7 Å². The van der Waals surface area contributed by atoms with E-state index >= 15 is 0 Å². The van der Waals surface area contributed by atoms with Crippen molar-refractivity contribution in [1.29, 1.82) is 0 Å². The van der Waals surface area contributed by atoms with Crippen molar-refractivity contribution in [1.82, 2.24) is 4.98 Å². The first-order chi connectivity index (χ1) is 9.02. The Morgan fingerprint density at radius 3 is 2.84 bits per heavy atom. The molecule has 4 nitrogen and oxygen atoms in total. The summed E-state index contributed by atoms with van der Waals surface area (Å²) in [6.07, 6.45) is 2.24. The van der Waals surface area contributed by atoms with Crippen LogP contribution in [0.5, 0.6) is 5.75 Å². The van der Waals surface area contributed by atoms with Crippen molar-refractivity contribution < 1.29 is 9.84 Å². The Hall–Kier alpha value is -1.65. The van der Waals surface area contributed by atoms with Crippen molar-refractivity contribution in [2.24, 2.45) is 5.73 Å². The predicted octanol–water partition coefficient (Wildman–Crippen LogP) is 2.10. The van der Waals surface area contributed by atoms with E-state index in [2.05, 4.69) is 4.98 Å². The summed E-state index contributed by atoms with van der Waals surface area (Å²) in [6.45, 7) is 3.70. The van der Waals surface area contributed by atoms with E-state index in [1.54, 1.807) is 6.20 Å². The molecule has 0 spiro atoms. The van der Waals surface area contributed by atoms with E-state index in [9.17, 15) is 5.11 Å². The van der Waals surface area contributed by atoms with E-state index in [4.69, 9.17) is 10.5 Å². The summed E-state index contributed by atoms with van der Waals surface area (Å²) in [7, 11) is 0.